The van der Waals surface area contributed by atoms with Crippen molar-refractivity contribution in [1.82, 2.24) is 0 Å². The third-order valence-electron chi connectivity index (χ3n) is 7.95. The van der Waals surface area contributed by atoms with Gasteiger partial charge in [0.15, 0.2) is 0 Å². The lowest BCUT2D eigenvalue weighted by Gasteiger charge is -2.42. The lowest BCUT2D eigenvalue weighted by Crippen LogP contribution is -2.36. The molecular weight excluding hydrogens is 406 g/mol. The van der Waals surface area contributed by atoms with Crippen LogP contribution in [0.4, 0.5) is 0 Å². The van der Waals surface area contributed by atoms with Crippen LogP contribution < -0.4 is 4.74 Å². The van der Waals surface area contributed by atoms with Crippen molar-refractivity contribution in [3.8, 4) is 22.9 Å². The first-order valence-corrected chi connectivity index (χ1v) is 12.9. The highest BCUT2D eigenvalue weighted by atomic mass is 16.5. The van der Waals surface area contributed by atoms with E-state index in [2.05, 4.69) is 61.5 Å². The van der Waals surface area contributed by atoms with Gasteiger partial charge in [-0.05, 0) is 85.6 Å². The third kappa shape index (κ3) is 5.67. The Morgan fingerprint density at radius 3 is 2.24 bits per heavy atom. The lowest BCUT2D eigenvalue weighted by atomic mass is 9.60. The molecule has 0 aromatic heterocycles. The predicted molar refractivity (Wildman–Crippen MR) is 133 cm³/mol. The molecule has 174 valence electrons. The fourth-order valence-corrected chi connectivity index (χ4v) is 5.81. The maximum Gasteiger partial charge on any atom is 0.133 e. The number of hydrogen-bond acceptors (Lipinski definition) is 3. The van der Waals surface area contributed by atoms with Crippen LogP contribution in [-0.2, 0) is 4.79 Å². The van der Waals surface area contributed by atoms with Crippen LogP contribution in [0.5, 0.6) is 5.75 Å². The summed E-state index contributed by atoms with van der Waals surface area (Å²) in [5.74, 6) is 2.08. The van der Waals surface area contributed by atoms with Crippen LogP contribution in [0.3, 0.4) is 0 Å². The minimum Gasteiger partial charge on any atom is -0.494 e. The van der Waals surface area contributed by atoms with Crippen molar-refractivity contribution >= 4 is 5.78 Å². The summed E-state index contributed by atoms with van der Waals surface area (Å²) in [5, 5.41) is 10.0. The molecule has 0 aliphatic heterocycles. The van der Waals surface area contributed by atoms with E-state index in [1.807, 2.05) is 0 Å². The Bertz CT molecular complexity index is 946. The Hall–Kier alpha value is -2.60. The normalized spacial score (nSPS) is 25.4. The molecule has 3 nitrogen and oxygen atoms in total. The van der Waals surface area contributed by atoms with Crippen LogP contribution in [0, 0.1) is 22.7 Å². The van der Waals surface area contributed by atoms with Gasteiger partial charge in [-0.3, -0.25) is 4.79 Å². The molecule has 1 atom stereocenters. The smallest absolute Gasteiger partial charge is 0.133 e. The largest absolute Gasteiger partial charge is 0.494 e. The average Bonchev–Trinajstić information content (AvgIpc) is 2.87. The van der Waals surface area contributed by atoms with Gasteiger partial charge in [0.05, 0.1) is 18.1 Å². The first-order valence-electron chi connectivity index (χ1n) is 12.9. The van der Waals surface area contributed by atoms with Crippen LogP contribution in [0.1, 0.15) is 89.0 Å². The Morgan fingerprint density at radius 1 is 0.970 bits per heavy atom. The van der Waals surface area contributed by atoms with Gasteiger partial charge in [-0.25, -0.2) is 0 Å². The fraction of sp³-hybridized carbons (Fsp3) is 0.533. The summed E-state index contributed by atoms with van der Waals surface area (Å²) in [6.45, 7) is 2.99. The molecule has 4 rings (SSSR count). The standard InChI is InChI=1S/C30H37NO2/c1-2-3-4-20-33-29-14-12-25(13-15-29)23-8-10-24(11-9-23)26-16-18-30(22-31,19-17-26)27-6-5-7-28(32)21-27/h8-15,26-27H,2-7,16-21H2,1H3. The van der Waals surface area contributed by atoms with Crippen LogP contribution in [0.2, 0.25) is 0 Å². The number of carbonyl (C=O) groups is 1. The van der Waals surface area contributed by atoms with E-state index in [0.29, 0.717) is 24.5 Å². The Kier molecular flexibility index (Phi) is 7.86. The molecule has 2 aliphatic carbocycles. The second-order valence-electron chi connectivity index (χ2n) is 10.1. The molecule has 2 saturated carbocycles. The summed E-state index contributed by atoms with van der Waals surface area (Å²) in [6, 6.07) is 20.0. The van der Waals surface area contributed by atoms with Gasteiger partial charge in [-0.1, -0.05) is 56.2 Å². The van der Waals surface area contributed by atoms with Crippen LogP contribution in [0.15, 0.2) is 48.5 Å². The predicted octanol–water partition coefficient (Wildman–Crippen LogP) is 7.85. The highest BCUT2D eigenvalue weighted by Gasteiger charge is 2.43. The van der Waals surface area contributed by atoms with Crippen molar-refractivity contribution in [2.24, 2.45) is 11.3 Å². The molecule has 2 aromatic rings. The lowest BCUT2D eigenvalue weighted by molar-refractivity contribution is -0.123. The second kappa shape index (κ2) is 11.0. The SMILES string of the molecule is CCCCCOc1ccc(-c2ccc(C3CCC(C#N)(C4CCCC(=O)C4)CC3)cc2)cc1. The van der Waals surface area contributed by atoms with Gasteiger partial charge in [0, 0.05) is 12.8 Å². The van der Waals surface area contributed by atoms with Crippen LogP contribution in [-0.4, -0.2) is 12.4 Å². The van der Waals surface area contributed by atoms with Crippen LogP contribution in [0.25, 0.3) is 11.1 Å². The summed E-state index contributed by atoms with van der Waals surface area (Å²) < 4.78 is 5.83. The molecule has 0 bridgehead atoms. The number of hydrogen-bond donors (Lipinski definition) is 0. The summed E-state index contributed by atoms with van der Waals surface area (Å²) in [5.41, 5.74) is 3.52. The molecule has 2 fully saturated rings. The zero-order chi connectivity index (χ0) is 23.1. The number of rotatable bonds is 8. The van der Waals surface area contributed by atoms with E-state index in [0.717, 1.165) is 57.3 Å². The van der Waals surface area contributed by atoms with Crippen molar-refractivity contribution in [1.29, 1.82) is 5.26 Å². The van der Waals surface area contributed by atoms with Crippen molar-refractivity contribution in [2.45, 2.75) is 83.5 Å². The number of nitriles is 1. The van der Waals surface area contributed by atoms with Gasteiger partial charge >= 0.3 is 0 Å². The van der Waals surface area contributed by atoms with Crippen molar-refractivity contribution in [2.75, 3.05) is 6.61 Å². The molecule has 2 aromatic carbocycles. The second-order valence-corrected chi connectivity index (χ2v) is 10.1. The average molecular weight is 444 g/mol. The number of nitrogens with zero attached hydrogens (tertiary/aromatic N) is 1. The number of benzene rings is 2. The maximum absolute atomic E-state index is 12.0. The molecule has 33 heavy (non-hydrogen) atoms. The van der Waals surface area contributed by atoms with Crippen LogP contribution >= 0.6 is 0 Å². The van der Waals surface area contributed by atoms with Crippen molar-refractivity contribution in [3.63, 3.8) is 0 Å². The number of ketones is 1. The monoisotopic (exact) mass is 443 g/mol. The highest BCUT2D eigenvalue weighted by molar-refractivity contribution is 5.79. The number of carbonyl (C=O) groups excluding carboxylic acids is 1. The molecule has 3 heteroatoms. The van der Waals surface area contributed by atoms with E-state index in [-0.39, 0.29) is 11.3 Å². The summed E-state index contributed by atoms with van der Waals surface area (Å²) >= 11 is 0. The molecule has 0 heterocycles. The van der Waals surface area contributed by atoms with Crippen molar-refractivity contribution in [3.05, 3.63) is 54.1 Å². The van der Waals surface area contributed by atoms with Gasteiger partial charge in [0.2, 0.25) is 0 Å². The van der Waals surface area contributed by atoms with E-state index in [1.165, 1.54) is 29.5 Å². The highest BCUT2D eigenvalue weighted by Crippen LogP contribution is 2.50. The molecular formula is C30H37NO2. The summed E-state index contributed by atoms with van der Waals surface area (Å²) in [4.78, 5) is 12.0. The molecule has 2 aliphatic rings. The first kappa shape index (κ1) is 23.6. The number of ether oxygens (including phenoxy) is 1. The minimum atomic E-state index is -0.285. The quantitative estimate of drug-likeness (QED) is 0.390. The van der Waals surface area contributed by atoms with Crippen molar-refractivity contribution < 1.29 is 9.53 Å². The van der Waals surface area contributed by atoms with Gasteiger partial charge in [-0.2, -0.15) is 5.26 Å². The topological polar surface area (TPSA) is 50.1 Å². The zero-order valence-electron chi connectivity index (χ0n) is 20.0. The Balaban J connectivity index is 1.34. The number of Topliss-reactive ketones (excluding diaryl/α,β-unsaturated/α-hetero) is 1. The molecule has 0 radical (unpaired) electrons. The Morgan fingerprint density at radius 2 is 1.64 bits per heavy atom. The number of unbranched alkanes of at least 4 members (excludes halogenated alkanes) is 2. The van der Waals surface area contributed by atoms with E-state index < -0.39 is 0 Å². The maximum atomic E-state index is 12.0. The summed E-state index contributed by atoms with van der Waals surface area (Å²) in [6.07, 6.45) is 10.8. The van der Waals surface area contributed by atoms with Gasteiger partial charge < -0.3 is 4.74 Å². The minimum absolute atomic E-state index is 0.269. The molecule has 1 unspecified atom stereocenters. The van der Waals surface area contributed by atoms with Gasteiger partial charge in [0.25, 0.3) is 0 Å². The third-order valence-corrected chi connectivity index (χ3v) is 7.95. The molecule has 0 saturated heterocycles. The van der Waals surface area contributed by atoms with Gasteiger partial charge in [-0.15, -0.1) is 0 Å². The fourth-order valence-electron chi connectivity index (χ4n) is 5.81. The molecule has 0 amide bonds. The van der Waals surface area contributed by atoms with E-state index in [1.54, 1.807) is 0 Å². The summed E-state index contributed by atoms with van der Waals surface area (Å²) in [7, 11) is 0. The zero-order valence-corrected chi connectivity index (χ0v) is 20.0. The Labute approximate surface area is 199 Å². The van der Waals surface area contributed by atoms with E-state index in [4.69, 9.17) is 4.74 Å². The molecule has 0 N–H and O–H groups in total. The van der Waals surface area contributed by atoms with Gasteiger partial charge in [0.1, 0.15) is 11.5 Å². The van der Waals surface area contributed by atoms with E-state index >= 15 is 0 Å². The first-order chi connectivity index (χ1) is 16.1. The van der Waals surface area contributed by atoms with E-state index in [9.17, 15) is 10.1 Å². The molecule has 0 spiro atoms.